The van der Waals surface area contributed by atoms with Crippen molar-refractivity contribution in [2.75, 3.05) is 0 Å². The van der Waals surface area contributed by atoms with Crippen molar-refractivity contribution in [2.24, 2.45) is 5.92 Å². The van der Waals surface area contributed by atoms with Crippen LogP contribution in [0.2, 0.25) is 0 Å². The largest absolute Gasteiger partial charge is 0.294 e. The van der Waals surface area contributed by atoms with Crippen molar-refractivity contribution in [2.45, 2.75) is 33.1 Å². The molecule has 0 saturated carbocycles. The van der Waals surface area contributed by atoms with Crippen molar-refractivity contribution in [3.05, 3.63) is 35.4 Å². The van der Waals surface area contributed by atoms with Gasteiger partial charge in [-0.3, -0.25) is 4.79 Å². The molecule has 3 heteroatoms. The van der Waals surface area contributed by atoms with Crippen molar-refractivity contribution in [1.29, 1.82) is 0 Å². The van der Waals surface area contributed by atoms with Gasteiger partial charge in [-0.2, -0.15) is 0 Å². The van der Waals surface area contributed by atoms with Crippen LogP contribution in [-0.2, 0) is 0 Å². The Hall–Kier alpha value is -1.25. The summed E-state index contributed by atoms with van der Waals surface area (Å²) < 4.78 is 25.9. The van der Waals surface area contributed by atoms with Crippen LogP contribution < -0.4 is 0 Å². The van der Waals surface area contributed by atoms with E-state index in [0.717, 1.165) is 25.0 Å². The van der Waals surface area contributed by atoms with Crippen molar-refractivity contribution in [1.82, 2.24) is 0 Å². The SMILES string of the molecule is CCCC(C)CC(=O)c1ccc(F)cc1F. The van der Waals surface area contributed by atoms with Gasteiger partial charge in [0, 0.05) is 12.5 Å². The summed E-state index contributed by atoms with van der Waals surface area (Å²) in [4.78, 5) is 11.7. The molecule has 0 N–H and O–H groups in total. The second kappa shape index (κ2) is 5.73. The lowest BCUT2D eigenvalue weighted by molar-refractivity contribution is 0.0958. The average Bonchev–Trinajstić information content (AvgIpc) is 2.17. The minimum atomic E-state index is -0.770. The zero-order valence-corrected chi connectivity index (χ0v) is 9.59. The number of ketones is 1. The maximum Gasteiger partial charge on any atom is 0.166 e. The highest BCUT2D eigenvalue weighted by atomic mass is 19.1. The molecule has 1 atom stereocenters. The number of hydrogen-bond acceptors (Lipinski definition) is 1. The van der Waals surface area contributed by atoms with Crippen LogP contribution in [0.25, 0.3) is 0 Å². The molecule has 1 aromatic rings. The summed E-state index contributed by atoms with van der Waals surface area (Å²) in [5, 5.41) is 0. The van der Waals surface area contributed by atoms with Crippen molar-refractivity contribution in [3.8, 4) is 0 Å². The van der Waals surface area contributed by atoms with Crippen LogP contribution in [-0.4, -0.2) is 5.78 Å². The predicted octanol–water partition coefficient (Wildman–Crippen LogP) is 3.97. The Balaban J connectivity index is 2.73. The fraction of sp³-hybridized carbons (Fsp3) is 0.462. The first-order valence-corrected chi connectivity index (χ1v) is 5.52. The lowest BCUT2D eigenvalue weighted by Gasteiger charge is -2.09. The molecule has 1 aromatic carbocycles. The lowest BCUT2D eigenvalue weighted by Crippen LogP contribution is -2.08. The van der Waals surface area contributed by atoms with Crippen molar-refractivity contribution >= 4 is 5.78 Å². The minimum Gasteiger partial charge on any atom is -0.294 e. The smallest absolute Gasteiger partial charge is 0.166 e. The fourth-order valence-electron chi connectivity index (χ4n) is 1.74. The van der Waals surface area contributed by atoms with Crippen LogP contribution in [0.1, 0.15) is 43.5 Å². The highest BCUT2D eigenvalue weighted by Gasteiger charge is 2.15. The Morgan fingerprint density at radius 3 is 2.62 bits per heavy atom. The first-order chi connectivity index (χ1) is 7.54. The summed E-state index contributed by atoms with van der Waals surface area (Å²) >= 11 is 0. The zero-order chi connectivity index (χ0) is 12.1. The van der Waals surface area contributed by atoms with Crippen LogP contribution in [0.5, 0.6) is 0 Å². The Morgan fingerprint density at radius 1 is 1.38 bits per heavy atom. The van der Waals surface area contributed by atoms with E-state index in [9.17, 15) is 13.6 Å². The Morgan fingerprint density at radius 2 is 2.06 bits per heavy atom. The highest BCUT2D eigenvalue weighted by molar-refractivity contribution is 5.96. The second-order valence-corrected chi connectivity index (χ2v) is 4.15. The molecule has 1 rings (SSSR count). The van der Waals surface area contributed by atoms with Crippen molar-refractivity contribution < 1.29 is 13.6 Å². The molecule has 16 heavy (non-hydrogen) atoms. The molecule has 1 nitrogen and oxygen atoms in total. The summed E-state index contributed by atoms with van der Waals surface area (Å²) in [7, 11) is 0. The molecular weight excluding hydrogens is 210 g/mol. The molecule has 0 spiro atoms. The molecule has 0 radical (unpaired) electrons. The third-order valence-corrected chi connectivity index (χ3v) is 2.55. The summed E-state index contributed by atoms with van der Waals surface area (Å²) in [5.74, 6) is -1.44. The third-order valence-electron chi connectivity index (χ3n) is 2.55. The number of carbonyl (C=O) groups excluding carboxylic acids is 1. The van der Waals surface area contributed by atoms with Crippen LogP contribution in [0.4, 0.5) is 8.78 Å². The first kappa shape index (κ1) is 12.8. The quantitative estimate of drug-likeness (QED) is 0.694. The molecule has 1 unspecified atom stereocenters. The molecule has 0 saturated heterocycles. The van der Waals surface area contributed by atoms with Gasteiger partial charge in [0.25, 0.3) is 0 Å². The highest BCUT2D eigenvalue weighted by Crippen LogP contribution is 2.17. The van der Waals surface area contributed by atoms with Crippen LogP contribution in [0, 0.1) is 17.6 Å². The van der Waals surface area contributed by atoms with Crippen LogP contribution in [0.3, 0.4) is 0 Å². The monoisotopic (exact) mass is 226 g/mol. The predicted molar refractivity (Wildman–Crippen MR) is 59.4 cm³/mol. The Labute approximate surface area is 94.5 Å². The van der Waals surface area contributed by atoms with E-state index >= 15 is 0 Å². The maximum absolute atomic E-state index is 13.3. The summed E-state index contributed by atoms with van der Waals surface area (Å²) in [5.41, 5.74) is -0.00986. The normalized spacial score (nSPS) is 12.5. The van der Waals surface area contributed by atoms with Crippen LogP contribution >= 0.6 is 0 Å². The van der Waals surface area contributed by atoms with E-state index in [4.69, 9.17) is 0 Å². The first-order valence-electron chi connectivity index (χ1n) is 5.52. The Kier molecular flexibility index (Phi) is 4.59. The molecule has 0 aliphatic heterocycles. The van der Waals surface area contributed by atoms with Gasteiger partial charge >= 0.3 is 0 Å². The molecule has 0 amide bonds. The minimum absolute atomic E-state index is 0.00986. The van der Waals surface area contributed by atoms with E-state index in [1.54, 1.807) is 0 Å². The lowest BCUT2D eigenvalue weighted by atomic mass is 9.96. The Bertz CT molecular complexity index is 374. The molecule has 88 valence electrons. The number of rotatable bonds is 5. The van der Waals surface area contributed by atoms with E-state index in [-0.39, 0.29) is 17.3 Å². The molecule has 0 aromatic heterocycles. The number of benzene rings is 1. The molecule has 0 heterocycles. The molecule has 0 fully saturated rings. The van der Waals surface area contributed by atoms with E-state index in [1.165, 1.54) is 6.07 Å². The van der Waals surface area contributed by atoms with Gasteiger partial charge in [-0.05, 0) is 18.1 Å². The van der Waals surface area contributed by atoms with E-state index < -0.39 is 11.6 Å². The van der Waals surface area contributed by atoms with E-state index in [0.29, 0.717) is 6.42 Å². The van der Waals surface area contributed by atoms with Gasteiger partial charge in [-0.1, -0.05) is 26.7 Å². The van der Waals surface area contributed by atoms with Gasteiger partial charge in [-0.15, -0.1) is 0 Å². The number of halogens is 2. The van der Waals surface area contributed by atoms with Gasteiger partial charge in [0.1, 0.15) is 11.6 Å². The third kappa shape index (κ3) is 3.40. The molecule has 0 aliphatic rings. The number of hydrogen-bond donors (Lipinski definition) is 0. The van der Waals surface area contributed by atoms with Gasteiger partial charge < -0.3 is 0 Å². The zero-order valence-electron chi connectivity index (χ0n) is 9.59. The maximum atomic E-state index is 13.3. The van der Waals surface area contributed by atoms with Gasteiger partial charge in [0.2, 0.25) is 0 Å². The standard InChI is InChI=1S/C13H16F2O/c1-3-4-9(2)7-13(16)11-6-5-10(14)8-12(11)15/h5-6,8-9H,3-4,7H2,1-2H3. The van der Waals surface area contributed by atoms with Gasteiger partial charge in [0.05, 0.1) is 5.56 Å². The van der Waals surface area contributed by atoms with E-state index in [2.05, 4.69) is 0 Å². The average molecular weight is 226 g/mol. The topological polar surface area (TPSA) is 17.1 Å². The fourth-order valence-corrected chi connectivity index (χ4v) is 1.74. The second-order valence-electron chi connectivity index (χ2n) is 4.15. The molecule has 0 aliphatic carbocycles. The summed E-state index contributed by atoms with van der Waals surface area (Å²) in [6, 6.07) is 3.07. The molecule has 0 bridgehead atoms. The van der Waals surface area contributed by atoms with Crippen molar-refractivity contribution in [3.63, 3.8) is 0 Å². The van der Waals surface area contributed by atoms with Gasteiger partial charge in [-0.25, -0.2) is 8.78 Å². The summed E-state index contributed by atoms with van der Waals surface area (Å²) in [6.07, 6.45) is 2.26. The van der Waals surface area contributed by atoms with Crippen LogP contribution in [0.15, 0.2) is 18.2 Å². The number of carbonyl (C=O) groups is 1. The summed E-state index contributed by atoms with van der Waals surface area (Å²) in [6.45, 7) is 4.00. The van der Waals surface area contributed by atoms with Gasteiger partial charge in [0.15, 0.2) is 5.78 Å². The number of Topliss-reactive ketones (excluding diaryl/α,β-unsaturated/α-hetero) is 1. The van der Waals surface area contributed by atoms with E-state index in [1.807, 2.05) is 13.8 Å². The molecular formula is C13H16F2O.